The molecule has 1 aromatic rings. The van der Waals surface area contributed by atoms with Gasteiger partial charge in [0.05, 0.1) is 0 Å². The van der Waals surface area contributed by atoms with Crippen LogP contribution in [0.15, 0.2) is 18.2 Å². The Morgan fingerprint density at radius 2 is 1.94 bits per heavy atom. The van der Waals surface area contributed by atoms with Gasteiger partial charge < -0.3 is 15.3 Å². The average molecular weight is 250 g/mol. The molecular formula is C13H18N2O3. The molecule has 0 saturated heterocycles. The molecule has 1 atom stereocenters. The average Bonchev–Trinajstić information content (AvgIpc) is 2.31. The van der Waals surface area contributed by atoms with Crippen molar-refractivity contribution < 1.29 is 14.7 Å². The van der Waals surface area contributed by atoms with E-state index in [0.717, 1.165) is 16.0 Å². The number of carboxylic acid groups (broad SMARTS) is 1. The summed E-state index contributed by atoms with van der Waals surface area (Å²) in [5, 5.41) is 11.6. The molecule has 0 heterocycles. The summed E-state index contributed by atoms with van der Waals surface area (Å²) < 4.78 is 0. The summed E-state index contributed by atoms with van der Waals surface area (Å²) >= 11 is 0. The molecule has 98 valence electrons. The molecule has 0 radical (unpaired) electrons. The van der Waals surface area contributed by atoms with Crippen molar-refractivity contribution in [1.29, 1.82) is 0 Å². The first-order chi connectivity index (χ1) is 8.32. The second-order valence-corrected chi connectivity index (χ2v) is 4.37. The quantitative estimate of drug-likeness (QED) is 0.864. The number of carboxylic acids is 1. The molecule has 0 bridgehead atoms. The highest BCUT2D eigenvalue weighted by atomic mass is 16.4. The van der Waals surface area contributed by atoms with Gasteiger partial charge in [0.15, 0.2) is 0 Å². The molecule has 0 aromatic heterocycles. The van der Waals surface area contributed by atoms with Gasteiger partial charge in [-0.05, 0) is 38.0 Å². The topological polar surface area (TPSA) is 69.6 Å². The van der Waals surface area contributed by atoms with Gasteiger partial charge in [0.1, 0.15) is 6.04 Å². The maximum atomic E-state index is 11.9. The number of hydrogen-bond donors (Lipinski definition) is 2. The molecule has 5 nitrogen and oxygen atoms in total. The van der Waals surface area contributed by atoms with Crippen LogP contribution in [0.1, 0.15) is 18.1 Å². The second kappa shape index (κ2) is 5.53. The van der Waals surface area contributed by atoms with E-state index < -0.39 is 18.0 Å². The Bertz CT molecular complexity index is 471. The Balaban J connectivity index is 2.81. The van der Waals surface area contributed by atoms with Crippen molar-refractivity contribution in [1.82, 2.24) is 4.90 Å². The lowest BCUT2D eigenvalue weighted by Gasteiger charge is -2.22. The lowest BCUT2D eigenvalue weighted by molar-refractivity contribution is -0.141. The minimum Gasteiger partial charge on any atom is -0.480 e. The minimum absolute atomic E-state index is 0.432. The summed E-state index contributed by atoms with van der Waals surface area (Å²) in [5.74, 6) is -1.03. The number of likely N-dealkylation sites (N-methyl/N-ethyl adjacent to an activating group) is 1. The maximum Gasteiger partial charge on any atom is 0.326 e. The number of anilines is 1. The van der Waals surface area contributed by atoms with Gasteiger partial charge in [0.2, 0.25) is 0 Å². The Labute approximate surface area is 106 Å². The van der Waals surface area contributed by atoms with Crippen molar-refractivity contribution in [3.63, 3.8) is 0 Å². The van der Waals surface area contributed by atoms with Crippen LogP contribution in [0.5, 0.6) is 0 Å². The summed E-state index contributed by atoms with van der Waals surface area (Å²) in [5.41, 5.74) is 2.67. The number of hydrogen-bond acceptors (Lipinski definition) is 2. The summed E-state index contributed by atoms with van der Waals surface area (Å²) in [6, 6.07) is 4.42. The zero-order valence-corrected chi connectivity index (χ0v) is 11.0. The molecule has 5 heteroatoms. The van der Waals surface area contributed by atoms with Crippen LogP contribution in [-0.2, 0) is 4.79 Å². The van der Waals surface area contributed by atoms with Gasteiger partial charge in [-0.1, -0.05) is 12.1 Å². The predicted octanol–water partition coefficient (Wildman–Crippen LogP) is 2.24. The highest BCUT2D eigenvalue weighted by Crippen LogP contribution is 2.17. The highest BCUT2D eigenvalue weighted by molar-refractivity contribution is 5.92. The number of rotatable bonds is 3. The van der Waals surface area contributed by atoms with Crippen molar-refractivity contribution in [3.05, 3.63) is 29.3 Å². The molecule has 0 fully saturated rings. The van der Waals surface area contributed by atoms with Crippen LogP contribution in [0.25, 0.3) is 0 Å². The van der Waals surface area contributed by atoms with E-state index in [1.54, 1.807) is 0 Å². The molecule has 0 aliphatic rings. The van der Waals surface area contributed by atoms with Crippen molar-refractivity contribution >= 4 is 17.7 Å². The van der Waals surface area contributed by atoms with E-state index in [2.05, 4.69) is 5.32 Å². The summed E-state index contributed by atoms with van der Waals surface area (Å²) in [4.78, 5) is 23.8. The number of carbonyl (C=O) groups is 2. The smallest absolute Gasteiger partial charge is 0.326 e. The van der Waals surface area contributed by atoms with E-state index in [1.807, 2.05) is 32.0 Å². The third kappa shape index (κ3) is 3.23. The van der Waals surface area contributed by atoms with Crippen molar-refractivity contribution in [2.24, 2.45) is 0 Å². The number of aryl methyl sites for hydroxylation is 2. The van der Waals surface area contributed by atoms with Crippen LogP contribution in [0, 0.1) is 13.8 Å². The van der Waals surface area contributed by atoms with Crippen LogP contribution in [0.3, 0.4) is 0 Å². The zero-order valence-electron chi connectivity index (χ0n) is 11.0. The van der Waals surface area contributed by atoms with Crippen LogP contribution >= 0.6 is 0 Å². The van der Waals surface area contributed by atoms with Gasteiger partial charge in [-0.25, -0.2) is 9.59 Å². The van der Waals surface area contributed by atoms with E-state index in [9.17, 15) is 9.59 Å². The van der Waals surface area contributed by atoms with E-state index in [4.69, 9.17) is 5.11 Å². The lowest BCUT2D eigenvalue weighted by Crippen LogP contribution is -2.42. The fraction of sp³-hybridized carbons (Fsp3) is 0.385. The summed E-state index contributed by atoms with van der Waals surface area (Å²) in [7, 11) is 1.46. The second-order valence-electron chi connectivity index (χ2n) is 4.37. The van der Waals surface area contributed by atoms with Gasteiger partial charge in [-0.15, -0.1) is 0 Å². The van der Waals surface area contributed by atoms with Gasteiger partial charge in [-0.3, -0.25) is 0 Å². The van der Waals surface area contributed by atoms with Crippen LogP contribution < -0.4 is 5.32 Å². The number of nitrogens with zero attached hydrogens (tertiary/aromatic N) is 1. The molecule has 1 aromatic carbocycles. The standard InChI is InChI=1S/C13H18N2O3/c1-8-5-6-9(2)11(7-8)14-13(18)15(4)10(3)12(16)17/h5-7,10H,1-4H3,(H,14,18)(H,16,17). The molecule has 0 spiro atoms. The van der Waals surface area contributed by atoms with Gasteiger partial charge in [0.25, 0.3) is 0 Å². The Hall–Kier alpha value is -2.04. The van der Waals surface area contributed by atoms with Crippen LogP contribution in [0.2, 0.25) is 0 Å². The van der Waals surface area contributed by atoms with Crippen LogP contribution in [0.4, 0.5) is 10.5 Å². The largest absolute Gasteiger partial charge is 0.480 e. The summed E-state index contributed by atoms with van der Waals surface area (Å²) in [6.45, 7) is 5.28. The number of amides is 2. The first-order valence-corrected chi connectivity index (χ1v) is 5.66. The number of benzene rings is 1. The Morgan fingerprint density at radius 3 is 2.50 bits per heavy atom. The van der Waals surface area contributed by atoms with Crippen molar-refractivity contribution in [3.8, 4) is 0 Å². The fourth-order valence-corrected chi connectivity index (χ4v) is 1.42. The van der Waals surface area contributed by atoms with E-state index in [-0.39, 0.29) is 0 Å². The highest BCUT2D eigenvalue weighted by Gasteiger charge is 2.21. The van der Waals surface area contributed by atoms with Gasteiger partial charge >= 0.3 is 12.0 Å². The van der Waals surface area contributed by atoms with E-state index in [1.165, 1.54) is 14.0 Å². The van der Waals surface area contributed by atoms with E-state index in [0.29, 0.717) is 5.69 Å². The van der Waals surface area contributed by atoms with E-state index >= 15 is 0 Å². The number of nitrogens with one attached hydrogen (secondary N) is 1. The summed E-state index contributed by atoms with van der Waals surface area (Å²) in [6.07, 6.45) is 0. The van der Waals surface area contributed by atoms with Gasteiger partial charge in [-0.2, -0.15) is 0 Å². The van der Waals surface area contributed by atoms with Crippen molar-refractivity contribution in [2.75, 3.05) is 12.4 Å². The number of urea groups is 1. The normalized spacial score (nSPS) is 11.8. The molecular weight excluding hydrogens is 232 g/mol. The van der Waals surface area contributed by atoms with Crippen molar-refractivity contribution in [2.45, 2.75) is 26.8 Å². The SMILES string of the molecule is Cc1ccc(C)c(NC(=O)N(C)C(C)C(=O)O)c1. The Morgan fingerprint density at radius 1 is 1.33 bits per heavy atom. The lowest BCUT2D eigenvalue weighted by atomic mass is 10.1. The molecule has 1 unspecified atom stereocenters. The Kier molecular flexibility index (Phi) is 4.31. The minimum atomic E-state index is -1.03. The third-order valence-corrected chi connectivity index (χ3v) is 2.89. The molecule has 0 aliphatic heterocycles. The molecule has 2 amide bonds. The third-order valence-electron chi connectivity index (χ3n) is 2.89. The zero-order chi connectivity index (χ0) is 13.9. The fourth-order valence-electron chi connectivity index (χ4n) is 1.42. The molecule has 1 rings (SSSR count). The monoisotopic (exact) mass is 250 g/mol. The first-order valence-electron chi connectivity index (χ1n) is 5.66. The first kappa shape index (κ1) is 14.0. The maximum absolute atomic E-state index is 11.9. The number of aliphatic carboxylic acids is 1. The van der Waals surface area contributed by atoms with Gasteiger partial charge in [0, 0.05) is 12.7 Å². The molecule has 0 aliphatic carbocycles. The number of carbonyl (C=O) groups excluding carboxylic acids is 1. The molecule has 18 heavy (non-hydrogen) atoms. The molecule has 0 saturated carbocycles. The predicted molar refractivity (Wildman–Crippen MR) is 69.8 cm³/mol. The molecule has 2 N–H and O–H groups in total. The van der Waals surface area contributed by atoms with Crippen LogP contribution in [-0.4, -0.2) is 35.1 Å².